The lowest BCUT2D eigenvalue weighted by molar-refractivity contribution is 0.0898. The first kappa shape index (κ1) is 12.2. The second-order valence-electron chi connectivity index (χ2n) is 4.82. The van der Waals surface area contributed by atoms with Crippen LogP contribution in [-0.2, 0) is 0 Å². The fourth-order valence-electron chi connectivity index (χ4n) is 2.58. The molecular formula is C14H18FNO. The molecule has 1 aliphatic rings. The third kappa shape index (κ3) is 2.55. The van der Waals surface area contributed by atoms with Gasteiger partial charge in [0.2, 0.25) is 0 Å². The lowest BCUT2D eigenvalue weighted by Crippen LogP contribution is -2.35. The number of rotatable bonds is 2. The molecule has 0 aliphatic carbocycles. The number of carbonyl (C=O) groups is 1. The molecule has 1 heterocycles. The number of piperidine rings is 1. The van der Waals surface area contributed by atoms with Crippen molar-refractivity contribution in [3.63, 3.8) is 0 Å². The molecule has 0 spiro atoms. The van der Waals surface area contributed by atoms with Crippen LogP contribution in [0.5, 0.6) is 0 Å². The summed E-state index contributed by atoms with van der Waals surface area (Å²) in [6, 6.07) is 2.88. The second-order valence-corrected chi connectivity index (χ2v) is 4.82. The van der Waals surface area contributed by atoms with E-state index in [2.05, 4.69) is 5.32 Å². The minimum atomic E-state index is -0.265. The molecule has 0 radical (unpaired) electrons. The molecule has 1 aromatic rings. The molecule has 1 atom stereocenters. The van der Waals surface area contributed by atoms with Crippen molar-refractivity contribution in [1.29, 1.82) is 0 Å². The number of ketones is 1. The minimum Gasteiger partial charge on any atom is -0.316 e. The Morgan fingerprint density at radius 3 is 2.53 bits per heavy atom. The monoisotopic (exact) mass is 235 g/mol. The van der Waals surface area contributed by atoms with E-state index >= 15 is 0 Å². The summed E-state index contributed by atoms with van der Waals surface area (Å²) >= 11 is 0. The molecule has 3 heteroatoms. The number of aryl methyl sites for hydroxylation is 2. The molecule has 1 unspecified atom stereocenters. The highest BCUT2D eigenvalue weighted by molar-refractivity contribution is 6.00. The maximum atomic E-state index is 13.2. The van der Waals surface area contributed by atoms with Crippen molar-refractivity contribution in [2.24, 2.45) is 5.92 Å². The quantitative estimate of drug-likeness (QED) is 0.798. The SMILES string of the molecule is Cc1cc(F)cc(C)c1C(=O)C1CCCNC1. The number of benzene rings is 1. The van der Waals surface area contributed by atoms with Gasteiger partial charge in [-0.15, -0.1) is 0 Å². The van der Waals surface area contributed by atoms with Gasteiger partial charge in [0.05, 0.1) is 0 Å². The first-order valence-electron chi connectivity index (χ1n) is 6.11. The molecule has 1 saturated heterocycles. The number of hydrogen-bond acceptors (Lipinski definition) is 2. The highest BCUT2D eigenvalue weighted by Gasteiger charge is 2.24. The lowest BCUT2D eigenvalue weighted by atomic mass is 9.87. The van der Waals surface area contributed by atoms with Gasteiger partial charge in [0.25, 0.3) is 0 Å². The summed E-state index contributed by atoms with van der Waals surface area (Å²) in [5.41, 5.74) is 2.20. The largest absolute Gasteiger partial charge is 0.316 e. The lowest BCUT2D eigenvalue weighted by Gasteiger charge is -2.23. The van der Waals surface area contributed by atoms with E-state index < -0.39 is 0 Å². The third-order valence-corrected chi connectivity index (χ3v) is 3.41. The van der Waals surface area contributed by atoms with E-state index in [9.17, 15) is 9.18 Å². The van der Waals surface area contributed by atoms with Crippen LogP contribution in [-0.4, -0.2) is 18.9 Å². The average Bonchev–Trinajstić information content (AvgIpc) is 2.28. The van der Waals surface area contributed by atoms with Crippen molar-refractivity contribution in [1.82, 2.24) is 5.32 Å². The Kier molecular flexibility index (Phi) is 3.57. The number of Topliss-reactive ketones (excluding diaryl/α,β-unsaturated/α-hetero) is 1. The number of carbonyl (C=O) groups excluding carboxylic acids is 1. The van der Waals surface area contributed by atoms with Crippen molar-refractivity contribution >= 4 is 5.78 Å². The zero-order valence-corrected chi connectivity index (χ0v) is 10.3. The molecule has 1 aromatic carbocycles. The summed E-state index contributed by atoms with van der Waals surface area (Å²) in [6.45, 7) is 5.35. The Hall–Kier alpha value is -1.22. The molecule has 17 heavy (non-hydrogen) atoms. The van der Waals surface area contributed by atoms with Gasteiger partial charge >= 0.3 is 0 Å². The normalized spacial score (nSPS) is 20.3. The summed E-state index contributed by atoms with van der Waals surface area (Å²) in [7, 11) is 0. The van der Waals surface area contributed by atoms with E-state index in [1.54, 1.807) is 13.8 Å². The van der Waals surface area contributed by atoms with Crippen molar-refractivity contribution in [2.45, 2.75) is 26.7 Å². The predicted molar refractivity (Wildman–Crippen MR) is 65.8 cm³/mol. The molecule has 1 fully saturated rings. The summed E-state index contributed by atoms with van der Waals surface area (Å²) in [6.07, 6.45) is 1.97. The molecular weight excluding hydrogens is 217 g/mol. The van der Waals surface area contributed by atoms with Crippen molar-refractivity contribution in [3.05, 3.63) is 34.6 Å². The molecule has 0 saturated carbocycles. The maximum absolute atomic E-state index is 13.2. The smallest absolute Gasteiger partial charge is 0.167 e. The summed E-state index contributed by atoms with van der Waals surface area (Å²) < 4.78 is 13.2. The van der Waals surface area contributed by atoms with Gasteiger partial charge in [-0.05, 0) is 56.5 Å². The molecule has 92 valence electrons. The summed E-state index contributed by atoms with van der Waals surface area (Å²) in [5.74, 6) is -0.0582. The standard InChI is InChI=1S/C14H18FNO/c1-9-6-12(15)7-10(2)13(9)14(17)11-4-3-5-16-8-11/h6-7,11,16H,3-5,8H2,1-2H3. The second kappa shape index (κ2) is 4.96. The Morgan fingerprint density at radius 1 is 1.35 bits per heavy atom. The van der Waals surface area contributed by atoms with Crippen LogP contribution in [0.1, 0.15) is 34.3 Å². The van der Waals surface area contributed by atoms with Gasteiger partial charge in [0.15, 0.2) is 5.78 Å². The van der Waals surface area contributed by atoms with Crippen LogP contribution in [0, 0.1) is 25.6 Å². The van der Waals surface area contributed by atoms with Crippen molar-refractivity contribution in [2.75, 3.05) is 13.1 Å². The predicted octanol–water partition coefficient (Wildman–Crippen LogP) is 2.62. The van der Waals surface area contributed by atoms with Crippen LogP contribution < -0.4 is 5.32 Å². The fraction of sp³-hybridized carbons (Fsp3) is 0.500. The van der Waals surface area contributed by atoms with Gasteiger partial charge in [0.1, 0.15) is 5.82 Å². The average molecular weight is 235 g/mol. The number of halogens is 1. The van der Waals surface area contributed by atoms with Gasteiger partial charge in [-0.2, -0.15) is 0 Å². The zero-order valence-electron chi connectivity index (χ0n) is 10.3. The van der Waals surface area contributed by atoms with Crippen molar-refractivity contribution < 1.29 is 9.18 Å². The fourth-order valence-corrected chi connectivity index (χ4v) is 2.58. The highest BCUT2D eigenvalue weighted by atomic mass is 19.1. The maximum Gasteiger partial charge on any atom is 0.167 e. The summed E-state index contributed by atoms with van der Waals surface area (Å²) in [4.78, 5) is 12.4. The van der Waals surface area contributed by atoms with Gasteiger partial charge < -0.3 is 5.32 Å². The van der Waals surface area contributed by atoms with Crippen LogP contribution in [0.4, 0.5) is 4.39 Å². The molecule has 1 N–H and O–H groups in total. The number of hydrogen-bond donors (Lipinski definition) is 1. The Labute approximate surface area is 101 Å². The molecule has 2 rings (SSSR count). The van der Waals surface area contributed by atoms with Gasteiger partial charge in [-0.1, -0.05) is 0 Å². The first-order chi connectivity index (χ1) is 8.09. The van der Waals surface area contributed by atoms with Gasteiger partial charge in [-0.3, -0.25) is 4.79 Å². The van der Waals surface area contributed by atoms with Crippen LogP contribution >= 0.6 is 0 Å². The van der Waals surface area contributed by atoms with E-state index in [1.165, 1.54) is 12.1 Å². The molecule has 0 bridgehead atoms. The zero-order chi connectivity index (χ0) is 12.4. The van der Waals surface area contributed by atoms with E-state index in [-0.39, 0.29) is 17.5 Å². The highest BCUT2D eigenvalue weighted by Crippen LogP contribution is 2.22. The van der Waals surface area contributed by atoms with Gasteiger partial charge in [0, 0.05) is 18.0 Å². The van der Waals surface area contributed by atoms with Crippen LogP contribution in [0.3, 0.4) is 0 Å². The number of nitrogens with one attached hydrogen (secondary N) is 1. The Balaban J connectivity index is 2.30. The minimum absolute atomic E-state index is 0.0478. The van der Waals surface area contributed by atoms with E-state index in [1.807, 2.05) is 0 Å². The third-order valence-electron chi connectivity index (χ3n) is 3.41. The molecule has 0 aromatic heterocycles. The first-order valence-corrected chi connectivity index (χ1v) is 6.11. The van der Waals surface area contributed by atoms with E-state index in [0.717, 1.165) is 37.1 Å². The molecule has 2 nitrogen and oxygen atoms in total. The van der Waals surface area contributed by atoms with Crippen LogP contribution in [0.2, 0.25) is 0 Å². The molecule has 1 aliphatic heterocycles. The van der Waals surface area contributed by atoms with Crippen molar-refractivity contribution in [3.8, 4) is 0 Å². The van der Waals surface area contributed by atoms with Crippen LogP contribution in [0.15, 0.2) is 12.1 Å². The summed E-state index contributed by atoms with van der Waals surface area (Å²) in [5, 5.41) is 3.24. The topological polar surface area (TPSA) is 29.1 Å². The van der Waals surface area contributed by atoms with E-state index in [0.29, 0.717) is 5.56 Å². The van der Waals surface area contributed by atoms with E-state index in [4.69, 9.17) is 0 Å². The van der Waals surface area contributed by atoms with Gasteiger partial charge in [-0.25, -0.2) is 4.39 Å². The Bertz CT molecular complexity index is 413. The molecule has 0 amide bonds. The Morgan fingerprint density at radius 2 is 2.00 bits per heavy atom. The van der Waals surface area contributed by atoms with Crippen LogP contribution in [0.25, 0.3) is 0 Å².